The van der Waals surface area contributed by atoms with Gasteiger partial charge in [0.2, 0.25) is 5.82 Å². The number of halogens is 3. The van der Waals surface area contributed by atoms with Crippen LogP contribution in [0.25, 0.3) is 11.4 Å². The van der Waals surface area contributed by atoms with E-state index in [0.29, 0.717) is 5.56 Å². The van der Waals surface area contributed by atoms with Crippen LogP contribution in [-0.2, 0) is 6.18 Å². The Bertz CT molecular complexity index is 575. The Hall–Kier alpha value is -2.38. The molecule has 2 aromatic rings. The third-order valence-electron chi connectivity index (χ3n) is 2.16. The standard InChI is InChI=1S/C10H6F3N3O2/c11-10(12,13)6-3-1-5(2-4-6)7-14-8(9(17)18)16-15-7/h1-4H,(H,17,18)(H,14,15,16). The van der Waals surface area contributed by atoms with Crippen LogP contribution < -0.4 is 0 Å². The van der Waals surface area contributed by atoms with Gasteiger partial charge in [-0.25, -0.2) is 9.78 Å². The molecule has 0 aliphatic rings. The minimum Gasteiger partial charge on any atom is -0.475 e. The molecule has 0 radical (unpaired) electrons. The lowest BCUT2D eigenvalue weighted by Gasteiger charge is -2.05. The van der Waals surface area contributed by atoms with E-state index in [4.69, 9.17) is 5.11 Å². The van der Waals surface area contributed by atoms with E-state index in [1.807, 2.05) is 0 Å². The maximum Gasteiger partial charge on any atom is 0.416 e. The third kappa shape index (κ3) is 2.31. The van der Waals surface area contributed by atoms with E-state index in [-0.39, 0.29) is 11.6 Å². The molecule has 18 heavy (non-hydrogen) atoms. The van der Waals surface area contributed by atoms with Gasteiger partial charge in [0, 0.05) is 5.56 Å². The number of carboxylic acid groups (broad SMARTS) is 1. The lowest BCUT2D eigenvalue weighted by atomic mass is 10.1. The second-order valence-electron chi connectivity index (χ2n) is 3.39. The van der Waals surface area contributed by atoms with Crippen molar-refractivity contribution in [1.29, 1.82) is 0 Å². The number of carboxylic acids is 1. The Morgan fingerprint density at radius 2 is 1.83 bits per heavy atom. The summed E-state index contributed by atoms with van der Waals surface area (Å²) in [6.45, 7) is 0. The number of benzene rings is 1. The van der Waals surface area contributed by atoms with E-state index < -0.39 is 17.7 Å². The van der Waals surface area contributed by atoms with Crippen LogP contribution >= 0.6 is 0 Å². The number of alkyl halides is 3. The highest BCUT2D eigenvalue weighted by atomic mass is 19.4. The first-order valence-electron chi connectivity index (χ1n) is 4.71. The maximum atomic E-state index is 12.3. The van der Waals surface area contributed by atoms with Crippen molar-refractivity contribution in [2.24, 2.45) is 0 Å². The number of hydrogen-bond donors (Lipinski definition) is 2. The average molecular weight is 257 g/mol. The van der Waals surface area contributed by atoms with Crippen molar-refractivity contribution in [2.45, 2.75) is 6.18 Å². The first kappa shape index (κ1) is 12.1. The van der Waals surface area contributed by atoms with Crippen LogP contribution in [0.5, 0.6) is 0 Å². The van der Waals surface area contributed by atoms with E-state index in [0.717, 1.165) is 12.1 Å². The first-order chi connectivity index (χ1) is 8.38. The van der Waals surface area contributed by atoms with E-state index >= 15 is 0 Å². The van der Waals surface area contributed by atoms with Gasteiger partial charge >= 0.3 is 12.1 Å². The number of aromatic amines is 1. The Kier molecular flexibility index (Phi) is 2.77. The van der Waals surface area contributed by atoms with Crippen molar-refractivity contribution in [3.05, 3.63) is 35.7 Å². The van der Waals surface area contributed by atoms with Crippen molar-refractivity contribution in [3.63, 3.8) is 0 Å². The molecule has 0 saturated carbocycles. The summed E-state index contributed by atoms with van der Waals surface area (Å²) in [6, 6.07) is 4.12. The van der Waals surface area contributed by atoms with Gasteiger partial charge in [0.05, 0.1) is 5.56 Å². The van der Waals surface area contributed by atoms with E-state index in [9.17, 15) is 18.0 Å². The summed E-state index contributed by atoms with van der Waals surface area (Å²) < 4.78 is 37.0. The van der Waals surface area contributed by atoms with Crippen LogP contribution in [0.2, 0.25) is 0 Å². The fourth-order valence-electron chi connectivity index (χ4n) is 1.29. The molecule has 0 unspecified atom stereocenters. The zero-order chi connectivity index (χ0) is 13.3. The van der Waals surface area contributed by atoms with Crippen molar-refractivity contribution in [1.82, 2.24) is 15.2 Å². The smallest absolute Gasteiger partial charge is 0.416 e. The van der Waals surface area contributed by atoms with E-state index in [1.165, 1.54) is 12.1 Å². The van der Waals surface area contributed by atoms with Gasteiger partial charge in [-0.05, 0) is 12.1 Å². The zero-order valence-corrected chi connectivity index (χ0v) is 8.69. The molecule has 2 N–H and O–H groups in total. The molecule has 0 amide bonds. The molecule has 0 atom stereocenters. The molecule has 5 nitrogen and oxygen atoms in total. The van der Waals surface area contributed by atoms with Crippen LogP contribution in [0.1, 0.15) is 16.2 Å². The van der Waals surface area contributed by atoms with Gasteiger partial charge in [-0.3, -0.25) is 5.10 Å². The Morgan fingerprint density at radius 3 is 2.28 bits per heavy atom. The highest BCUT2D eigenvalue weighted by molar-refractivity contribution is 5.83. The number of aromatic nitrogens is 3. The molecule has 0 aliphatic heterocycles. The second-order valence-corrected chi connectivity index (χ2v) is 3.39. The van der Waals surface area contributed by atoms with Gasteiger partial charge < -0.3 is 5.11 Å². The number of hydrogen-bond acceptors (Lipinski definition) is 3. The second kappa shape index (κ2) is 4.13. The van der Waals surface area contributed by atoms with Gasteiger partial charge in [0.25, 0.3) is 0 Å². The molecule has 1 aromatic carbocycles. The number of aromatic carboxylic acids is 1. The molecule has 0 fully saturated rings. The van der Waals surface area contributed by atoms with Crippen molar-refractivity contribution in [3.8, 4) is 11.4 Å². The summed E-state index contributed by atoms with van der Waals surface area (Å²) in [5, 5.41) is 14.4. The summed E-state index contributed by atoms with van der Waals surface area (Å²) in [6.07, 6.45) is -4.41. The third-order valence-corrected chi connectivity index (χ3v) is 2.16. The van der Waals surface area contributed by atoms with Gasteiger partial charge in [0.15, 0.2) is 5.82 Å². The SMILES string of the molecule is O=C(O)c1nc(-c2ccc(C(F)(F)F)cc2)n[nH]1. The minimum absolute atomic E-state index is 0.0288. The van der Waals surface area contributed by atoms with Gasteiger partial charge in [-0.1, -0.05) is 12.1 Å². The molecule has 8 heteroatoms. The van der Waals surface area contributed by atoms with Gasteiger partial charge in [-0.15, -0.1) is 0 Å². The quantitative estimate of drug-likeness (QED) is 0.864. The van der Waals surface area contributed by atoms with Crippen molar-refractivity contribution >= 4 is 5.97 Å². The van der Waals surface area contributed by atoms with Crippen LogP contribution in [0, 0.1) is 0 Å². The van der Waals surface area contributed by atoms with Crippen molar-refractivity contribution < 1.29 is 23.1 Å². The number of nitrogens with zero attached hydrogens (tertiary/aromatic N) is 2. The number of nitrogens with one attached hydrogen (secondary N) is 1. The van der Waals surface area contributed by atoms with E-state index in [2.05, 4.69) is 15.2 Å². The van der Waals surface area contributed by atoms with Crippen LogP contribution in [-0.4, -0.2) is 26.3 Å². The molecule has 94 valence electrons. The molecular weight excluding hydrogens is 251 g/mol. The Balaban J connectivity index is 2.31. The topological polar surface area (TPSA) is 78.9 Å². The molecule has 1 heterocycles. The molecule has 0 spiro atoms. The molecule has 0 bridgehead atoms. The molecule has 0 saturated heterocycles. The van der Waals surface area contributed by atoms with E-state index in [1.54, 1.807) is 0 Å². The van der Waals surface area contributed by atoms with Gasteiger partial charge in [-0.2, -0.15) is 18.3 Å². The Labute approximate surface area is 98.3 Å². The largest absolute Gasteiger partial charge is 0.475 e. The van der Waals surface area contributed by atoms with Crippen LogP contribution in [0.4, 0.5) is 13.2 Å². The highest BCUT2D eigenvalue weighted by Crippen LogP contribution is 2.30. The van der Waals surface area contributed by atoms with Gasteiger partial charge in [0.1, 0.15) is 0 Å². The Morgan fingerprint density at radius 1 is 1.22 bits per heavy atom. The predicted octanol–water partition coefficient (Wildman–Crippen LogP) is 2.19. The molecule has 2 rings (SSSR count). The lowest BCUT2D eigenvalue weighted by molar-refractivity contribution is -0.137. The number of carbonyl (C=O) groups is 1. The predicted molar refractivity (Wildman–Crippen MR) is 53.8 cm³/mol. The number of H-pyrrole nitrogens is 1. The maximum absolute atomic E-state index is 12.3. The number of rotatable bonds is 2. The fourth-order valence-corrected chi connectivity index (χ4v) is 1.29. The molecular formula is C10H6F3N3O2. The summed E-state index contributed by atoms with van der Waals surface area (Å²) in [4.78, 5) is 14.2. The zero-order valence-electron chi connectivity index (χ0n) is 8.69. The van der Waals surface area contributed by atoms with Crippen LogP contribution in [0.15, 0.2) is 24.3 Å². The average Bonchev–Trinajstić information content (AvgIpc) is 2.77. The summed E-state index contributed by atoms with van der Waals surface area (Å²) >= 11 is 0. The molecule has 1 aromatic heterocycles. The summed E-state index contributed by atoms with van der Waals surface area (Å²) in [7, 11) is 0. The lowest BCUT2D eigenvalue weighted by Crippen LogP contribution is -2.04. The van der Waals surface area contributed by atoms with Crippen LogP contribution in [0.3, 0.4) is 0 Å². The monoisotopic (exact) mass is 257 g/mol. The van der Waals surface area contributed by atoms with Crippen molar-refractivity contribution in [2.75, 3.05) is 0 Å². The minimum atomic E-state index is -4.41. The molecule has 0 aliphatic carbocycles. The normalized spacial score (nSPS) is 11.5. The first-order valence-corrected chi connectivity index (χ1v) is 4.71. The fraction of sp³-hybridized carbons (Fsp3) is 0.100. The summed E-state index contributed by atoms with van der Waals surface area (Å²) in [5.41, 5.74) is -0.494. The summed E-state index contributed by atoms with van der Waals surface area (Å²) in [5.74, 6) is -1.63. The highest BCUT2D eigenvalue weighted by Gasteiger charge is 2.30.